The van der Waals surface area contributed by atoms with E-state index in [1.165, 1.54) is 37.7 Å². The third kappa shape index (κ3) is 6.54. The van der Waals surface area contributed by atoms with Crippen LogP contribution >= 0.6 is 12.2 Å². The molecule has 3 aromatic rings. The molecule has 220 valence electrons. The van der Waals surface area contributed by atoms with E-state index in [0.29, 0.717) is 16.6 Å². The molecule has 2 bridgehead atoms. The molecule has 8 heteroatoms. The van der Waals surface area contributed by atoms with Gasteiger partial charge in [0.1, 0.15) is 0 Å². The Balaban J connectivity index is 1.26. The van der Waals surface area contributed by atoms with Crippen molar-refractivity contribution in [3.8, 4) is 0 Å². The molecule has 0 spiro atoms. The fraction of sp³-hybridized carbons (Fsp3) is 0.441. The van der Waals surface area contributed by atoms with Crippen molar-refractivity contribution >= 4 is 40.3 Å². The first-order chi connectivity index (χ1) is 20.4. The Morgan fingerprint density at radius 3 is 2.43 bits per heavy atom. The molecule has 1 saturated carbocycles. The first-order valence-electron chi connectivity index (χ1n) is 15.5. The predicted molar refractivity (Wildman–Crippen MR) is 175 cm³/mol. The van der Waals surface area contributed by atoms with Gasteiger partial charge in [0, 0.05) is 54.6 Å². The smallest absolute Gasteiger partial charge is 0.251 e. The number of carbonyl (C=O) groups excluding carboxylic acids is 1. The van der Waals surface area contributed by atoms with Crippen LogP contribution in [0.3, 0.4) is 0 Å². The molecular formula is C34H41N5O2S. The van der Waals surface area contributed by atoms with Crippen LogP contribution in [0.1, 0.15) is 78.9 Å². The van der Waals surface area contributed by atoms with Gasteiger partial charge in [-0.2, -0.15) is 0 Å². The van der Waals surface area contributed by atoms with Gasteiger partial charge in [-0.3, -0.25) is 9.59 Å². The van der Waals surface area contributed by atoms with Crippen LogP contribution in [0.5, 0.6) is 0 Å². The lowest BCUT2D eigenvalue weighted by Gasteiger charge is -2.44. The van der Waals surface area contributed by atoms with Crippen LogP contribution in [0.15, 0.2) is 65.5 Å². The lowest BCUT2D eigenvalue weighted by molar-refractivity contribution is 0.0930. The van der Waals surface area contributed by atoms with Crippen molar-refractivity contribution in [3.05, 3.63) is 87.8 Å². The van der Waals surface area contributed by atoms with E-state index in [-0.39, 0.29) is 23.4 Å². The normalized spacial score (nSPS) is 20.5. The average Bonchev–Trinajstić information content (AvgIpc) is 2.96. The summed E-state index contributed by atoms with van der Waals surface area (Å²) >= 11 is 5.75. The quantitative estimate of drug-likeness (QED) is 0.301. The molecular weight excluding hydrogens is 542 g/mol. The molecule has 3 heterocycles. The number of thiocarbonyl (C=S) groups is 1. The summed E-state index contributed by atoms with van der Waals surface area (Å²) in [4.78, 5) is 28.4. The monoisotopic (exact) mass is 583 g/mol. The van der Waals surface area contributed by atoms with E-state index in [1.807, 2.05) is 47.0 Å². The Labute approximate surface area is 253 Å². The van der Waals surface area contributed by atoms with Gasteiger partial charge in [0.15, 0.2) is 5.11 Å². The first kappa shape index (κ1) is 28.5. The highest BCUT2D eigenvalue weighted by atomic mass is 32.1. The van der Waals surface area contributed by atoms with Crippen LogP contribution in [0.25, 0.3) is 0 Å². The lowest BCUT2D eigenvalue weighted by Crippen LogP contribution is -2.47. The summed E-state index contributed by atoms with van der Waals surface area (Å²) in [6.07, 6.45) is 9.30. The summed E-state index contributed by atoms with van der Waals surface area (Å²) < 4.78 is 1.96. The zero-order valence-electron chi connectivity index (χ0n) is 24.4. The molecule has 2 fully saturated rings. The molecule has 2 atom stereocenters. The molecule has 1 aliphatic carbocycles. The van der Waals surface area contributed by atoms with E-state index in [4.69, 9.17) is 12.2 Å². The van der Waals surface area contributed by atoms with Gasteiger partial charge >= 0.3 is 0 Å². The van der Waals surface area contributed by atoms with E-state index in [9.17, 15) is 9.59 Å². The molecule has 1 amide bonds. The highest BCUT2D eigenvalue weighted by Gasteiger charge is 2.35. The molecule has 2 aromatic carbocycles. The second-order valence-electron chi connectivity index (χ2n) is 12.3. The number of aryl methyl sites for hydroxylation is 1. The summed E-state index contributed by atoms with van der Waals surface area (Å²) in [5.74, 6) is 0.625. The number of nitrogens with one attached hydrogen (secondary N) is 3. The number of carbonyl (C=O) groups is 1. The van der Waals surface area contributed by atoms with E-state index in [1.54, 1.807) is 6.07 Å². The summed E-state index contributed by atoms with van der Waals surface area (Å²) in [6, 6.07) is 19.9. The molecule has 6 rings (SSSR count). The van der Waals surface area contributed by atoms with E-state index < -0.39 is 0 Å². The minimum Gasteiger partial charge on any atom is -0.369 e. The number of hydrogen-bond donors (Lipinski definition) is 3. The van der Waals surface area contributed by atoms with Crippen LogP contribution in [0.2, 0.25) is 0 Å². The van der Waals surface area contributed by atoms with Crippen LogP contribution in [-0.4, -0.2) is 34.7 Å². The number of anilines is 3. The third-order valence-corrected chi connectivity index (χ3v) is 9.28. The Kier molecular flexibility index (Phi) is 8.60. The maximum Gasteiger partial charge on any atom is 0.251 e. The highest BCUT2D eigenvalue weighted by molar-refractivity contribution is 7.80. The van der Waals surface area contributed by atoms with Gasteiger partial charge in [-0.1, -0.05) is 55.9 Å². The molecule has 7 nitrogen and oxygen atoms in total. The van der Waals surface area contributed by atoms with E-state index >= 15 is 0 Å². The van der Waals surface area contributed by atoms with Crippen LogP contribution in [0.4, 0.5) is 17.1 Å². The number of hydrogen-bond acceptors (Lipinski definition) is 4. The molecule has 42 heavy (non-hydrogen) atoms. The van der Waals surface area contributed by atoms with Crippen molar-refractivity contribution in [1.29, 1.82) is 0 Å². The summed E-state index contributed by atoms with van der Waals surface area (Å²) in [6.45, 7) is 4.45. The first-order valence-corrected chi connectivity index (χ1v) is 15.9. The maximum absolute atomic E-state index is 13.5. The Bertz CT molecular complexity index is 1490. The van der Waals surface area contributed by atoms with Gasteiger partial charge in [0.25, 0.3) is 11.5 Å². The number of amides is 1. The van der Waals surface area contributed by atoms with Crippen molar-refractivity contribution in [2.45, 2.75) is 76.8 Å². The van der Waals surface area contributed by atoms with Crippen molar-refractivity contribution in [2.24, 2.45) is 5.92 Å². The van der Waals surface area contributed by atoms with Crippen molar-refractivity contribution < 1.29 is 4.79 Å². The Morgan fingerprint density at radius 1 is 0.881 bits per heavy atom. The molecule has 1 aromatic heterocycles. The highest BCUT2D eigenvalue weighted by Crippen LogP contribution is 2.39. The molecule has 3 aliphatic rings. The summed E-state index contributed by atoms with van der Waals surface area (Å²) in [5, 5.41) is 10.5. The number of nitrogens with zero attached hydrogens (tertiary/aromatic N) is 2. The SMILES string of the molecule is Cc1ccc(NC(=S)Nc2cc(C(=O)NC3CCCCCCC3)ccc2N2C[C@H]3C[C@@H](C2)c2cccc(=O)n2C3)cc1. The number of aromatic nitrogens is 1. The van der Waals surface area contributed by atoms with Crippen molar-refractivity contribution in [1.82, 2.24) is 9.88 Å². The van der Waals surface area contributed by atoms with Crippen molar-refractivity contribution in [3.63, 3.8) is 0 Å². The second kappa shape index (κ2) is 12.7. The van der Waals surface area contributed by atoms with Gasteiger partial charge < -0.3 is 25.4 Å². The molecule has 0 unspecified atom stereocenters. The van der Waals surface area contributed by atoms with Crippen LogP contribution in [-0.2, 0) is 6.54 Å². The fourth-order valence-electron chi connectivity index (χ4n) is 6.94. The van der Waals surface area contributed by atoms with Gasteiger partial charge in [-0.25, -0.2) is 0 Å². The largest absolute Gasteiger partial charge is 0.369 e. The van der Waals surface area contributed by atoms with Gasteiger partial charge in [0.2, 0.25) is 0 Å². The van der Waals surface area contributed by atoms with Crippen LogP contribution in [0, 0.1) is 12.8 Å². The van der Waals surface area contributed by atoms with Crippen LogP contribution < -0.4 is 26.4 Å². The molecule has 0 radical (unpaired) electrons. The molecule has 2 aliphatic heterocycles. The van der Waals surface area contributed by atoms with Gasteiger partial charge in [0.05, 0.1) is 11.4 Å². The molecule has 1 saturated heterocycles. The topological polar surface area (TPSA) is 78.4 Å². The zero-order valence-corrected chi connectivity index (χ0v) is 25.2. The third-order valence-electron chi connectivity index (χ3n) is 9.08. The number of fused-ring (bicyclic) bond motifs is 4. The minimum absolute atomic E-state index is 0.0311. The number of pyridine rings is 1. The van der Waals surface area contributed by atoms with E-state index in [0.717, 1.165) is 61.7 Å². The zero-order chi connectivity index (χ0) is 29.1. The minimum atomic E-state index is -0.0311. The number of benzene rings is 2. The standard InChI is InChI=1S/C34H41N5O2S/c1-23-12-15-28(16-13-23)36-34(42)37-29-19-25(33(41)35-27-8-5-3-2-4-6-9-27)14-17-31(29)38-20-24-18-26(22-38)30-10-7-11-32(40)39(30)21-24/h7,10-17,19,24,26-27H,2-6,8-9,18,20-22H2,1H3,(H,35,41)(H2,36,37,42)/t24-,26+/m1/s1. The molecule has 3 N–H and O–H groups in total. The predicted octanol–water partition coefficient (Wildman–Crippen LogP) is 6.43. The summed E-state index contributed by atoms with van der Waals surface area (Å²) in [7, 11) is 0. The maximum atomic E-state index is 13.5. The summed E-state index contributed by atoms with van der Waals surface area (Å²) in [5.41, 5.74) is 5.77. The Hall–Kier alpha value is -3.65. The fourth-order valence-corrected chi connectivity index (χ4v) is 7.16. The number of rotatable bonds is 5. The lowest BCUT2D eigenvalue weighted by atomic mass is 9.83. The second-order valence-corrected chi connectivity index (χ2v) is 12.7. The Morgan fingerprint density at radius 2 is 1.64 bits per heavy atom. The van der Waals surface area contributed by atoms with Crippen molar-refractivity contribution in [2.75, 3.05) is 28.6 Å². The number of piperidine rings is 1. The average molecular weight is 584 g/mol. The van der Waals surface area contributed by atoms with Gasteiger partial charge in [-0.05, 0) is 80.7 Å². The van der Waals surface area contributed by atoms with E-state index in [2.05, 4.69) is 39.9 Å². The van der Waals surface area contributed by atoms with Gasteiger partial charge in [-0.15, -0.1) is 0 Å².